The summed E-state index contributed by atoms with van der Waals surface area (Å²) in [4.78, 5) is 4.62. The molecule has 0 unspecified atom stereocenters. The number of nitrogens with zero attached hydrogens (tertiary/aromatic N) is 2. The van der Waals surface area contributed by atoms with Crippen molar-refractivity contribution >= 4 is 15.7 Å². The maximum atomic E-state index is 12.7. The number of hydrogen-bond donors (Lipinski definition) is 1. The maximum Gasteiger partial charge on any atom is 0.217 e. The SMILES string of the molecule is CNc1cc(C)nc([C@@H]2CCN(S(=O)(=O)C3CCCC3)C2)c1. The lowest BCUT2D eigenvalue weighted by molar-refractivity contribution is 0.460. The molecule has 0 spiro atoms. The van der Waals surface area contributed by atoms with E-state index in [1.165, 1.54) is 0 Å². The number of anilines is 1. The lowest BCUT2D eigenvalue weighted by Crippen LogP contribution is -2.36. The third kappa shape index (κ3) is 2.99. The minimum Gasteiger partial charge on any atom is -0.388 e. The van der Waals surface area contributed by atoms with Crippen LogP contribution in [0.1, 0.15) is 49.4 Å². The third-order valence-electron chi connectivity index (χ3n) is 4.91. The second-order valence-electron chi connectivity index (χ2n) is 6.47. The van der Waals surface area contributed by atoms with Crippen LogP contribution < -0.4 is 5.32 Å². The number of hydrogen-bond acceptors (Lipinski definition) is 4. The van der Waals surface area contributed by atoms with Crippen LogP contribution in [0.3, 0.4) is 0 Å². The summed E-state index contributed by atoms with van der Waals surface area (Å²) in [6, 6.07) is 4.05. The molecule has 2 fully saturated rings. The molecule has 3 rings (SSSR count). The van der Waals surface area contributed by atoms with E-state index >= 15 is 0 Å². The van der Waals surface area contributed by atoms with Crippen molar-refractivity contribution in [1.82, 2.24) is 9.29 Å². The molecule has 122 valence electrons. The van der Waals surface area contributed by atoms with Crippen LogP contribution in [0.25, 0.3) is 0 Å². The van der Waals surface area contributed by atoms with Gasteiger partial charge in [0.25, 0.3) is 0 Å². The van der Waals surface area contributed by atoms with Crippen LogP contribution in [0, 0.1) is 6.92 Å². The van der Waals surface area contributed by atoms with Gasteiger partial charge in [0, 0.05) is 43.1 Å². The lowest BCUT2D eigenvalue weighted by atomic mass is 10.0. The molecule has 1 aliphatic heterocycles. The molecular formula is C16H25N3O2S. The minimum atomic E-state index is -3.12. The van der Waals surface area contributed by atoms with E-state index in [2.05, 4.69) is 10.3 Å². The maximum absolute atomic E-state index is 12.7. The van der Waals surface area contributed by atoms with Crippen molar-refractivity contribution < 1.29 is 8.42 Å². The van der Waals surface area contributed by atoms with Crippen molar-refractivity contribution in [3.63, 3.8) is 0 Å². The standard InChI is InChI=1S/C16H25N3O2S/c1-12-9-14(17-2)10-16(18-12)13-7-8-19(11-13)22(20,21)15-5-3-4-6-15/h9-10,13,15H,3-8,11H2,1-2H3,(H,17,18)/t13-/m1/s1. The molecule has 5 nitrogen and oxygen atoms in total. The molecule has 22 heavy (non-hydrogen) atoms. The van der Waals surface area contributed by atoms with Crippen LogP contribution in [0.4, 0.5) is 5.69 Å². The number of sulfonamides is 1. The van der Waals surface area contributed by atoms with Gasteiger partial charge in [0.15, 0.2) is 0 Å². The van der Waals surface area contributed by atoms with E-state index < -0.39 is 10.0 Å². The molecular weight excluding hydrogens is 298 g/mol. The molecule has 1 saturated heterocycles. The first-order chi connectivity index (χ1) is 10.5. The molecule has 1 aromatic heterocycles. The third-order valence-corrected chi connectivity index (χ3v) is 7.28. The fourth-order valence-corrected chi connectivity index (χ4v) is 5.74. The van der Waals surface area contributed by atoms with Gasteiger partial charge in [-0.25, -0.2) is 12.7 Å². The van der Waals surface area contributed by atoms with E-state index in [4.69, 9.17) is 0 Å². The van der Waals surface area contributed by atoms with Crippen LogP contribution in [-0.4, -0.2) is 43.1 Å². The topological polar surface area (TPSA) is 62.3 Å². The second-order valence-corrected chi connectivity index (χ2v) is 8.68. The fraction of sp³-hybridized carbons (Fsp3) is 0.688. The van der Waals surface area contributed by atoms with Crippen molar-refractivity contribution in [2.75, 3.05) is 25.5 Å². The van der Waals surface area contributed by atoms with E-state index in [9.17, 15) is 8.42 Å². The molecule has 0 radical (unpaired) electrons. The summed E-state index contributed by atoms with van der Waals surface area (Å²) >= 11 is 0. The Morgan fingerprint density at radius 3 is 2.64 bits per heavy atom. The van der Waals surface area contributed by atoms with Gasteiger partial charge in [-0.1, -0.05) is 12.8 Å². The predicted molar refractivity (Wildman–Crippen MR) is 88.6 cm³/mol. The molecule has 2 heterocycles. The Hall–Kier alpha value is -1.14. The monoisotopic (exact) mass is 323 g/mol. The molecule has 2 aliphatic rings. The zero-order valence-electron chi connectivity index (χ0n) is 13.4. The molecule has 0 bridgehead atoms. The quantitative estimate of drug-likeness (QED) is 0.925. The molecule has 1 atom stereocenters. The first-order valence-corrected chi connectivity index (χ1v) is 9.66. The summed E-state index contributed by atoms with van der Waals surface area (Å²) in [6.45, 7) is 3.19. The van der Waals surface area contributed by atoms with Crippen molar-refractivity contribution in [3.8, 4) is 0 Å². The highest BCUT2D eigenvalue weighted by Crippen LogP contribution is 2.34. The Morgan fingerprint density at radius 2 is 1.95 bits per heavy atom. The molecule has 1 N–H and O–H groups in total. The van der Waals surface area contributed by atoms with Crippen molar-refractivity contribution in [2.45, 2.75) is 50.2 Å². The molecule has 1 aliphatic carbocycles. The van der Waals surface area contributed by atoms with E-state index in [0.717, 1.165) is 49.2 Å². The molecule has 1 saturated carbocycles. The van der Waals surface area contributed by atoms with Gasteiger partial charge in [-0.3, -0.25) is 4.98 Å². The van der Waals surface area contributed by atoms with Crippen molar-refractivity contribution in [2.24, 2.45) is 0 Å². The fourth-order valence-electron chi connectivity index (χ4n) is 3.65. The van der Waals surface area contributed by atoms with Gasteiger partial charge in [-0.2, -0.15) is 0 Å². The van der Waals surface area contributed by atoms with Gasteiger partial charge < -0.3 is 5.32 Å². The van der Waals surface area contributed by atoms with Gasteiger partial charge in [0.05, 0.1) is 5.25 Å². The van der Waals surface area contributed by atoms with Crippen molar-refractivity contribution in [1.29, 1.82) is 0 Å². The molecule has 6 heteroatoms. The highest BCUT2D eigenvalue weighted by atomic mass is 32.2. The number of rotatable bonds is 4. The summed E-state index contributed by atoms with van der Waals surface area (Å²) in [5.74, 6) is 0.211. The Balaban J connectivity index is 1.76. The normalized spacial score (nSPS) is 24.0. The van der Waals surface area contributed by atoms with E-state index in [1.54, 1.807) is 4.31 Å². The Bertz CT molecular complexity index is 639. The summed E-state index contributed by atoms with van der Waals surface area (Å²) in [6.07, 6.45) is 4.62. The van der Waals surface area contributed by atoms with E-state index in [0.29, 0.717) is 13.1 Å². The van der Waals surface area contributed by atoms with Crippen LogP contribution >= 0.6 is 0 Å². The lowest BCUT2D eigenvalue weighted by Gasteiger charge is -2.21. The first-order valence-electron chi connectivity index (χ1n) is 8.16. The largest absolute Gasteiger partial charge is 0.388 e. The average Bonchev–Trinajstić information content (AvgIpc) is 3.18. The summed E-state index contributed by atoms with van der Waals surface area (Å²) < 4.78 is 27.1. The first kappa shape index (κ1) is 15.7. The predicted octanol–water partition coefficient (Wildman–Crippen LogP) is 2.49. The zero-order valence-corrected chi connectivity index (χ0v) is 14.2. The summed E-state index contributed by atoms with van der Waals surface area (Å²) in [7, 11) is -1.22. The minimum absolute atomic E-state index is 0.149. The summed E-state index contributed by atoms with van der Waals surface area (Å²) in [5.41, 5.74) is 3.02. The Morgan fingerprint density at radius 1 is 1.23 bits per heavy atom. The Kier molecular flexibility index (Phi) is 4.41. The van der Waals surface area contributed by atoms with E-state index in [1.807, 2.05) is 26.1 Å². The number of aromatic nitrogens is 1. The zero-order chi connectivity index (χ0) is 15.7. The molecule has 0 aromatic carbocycles. The Labute approximate surface area is 133 Å². The van der Waals surface area contributed by atoms with E-state index in [-0.39, 0.29) is 11.2 Å². The van der Waals surface area contributed by atoms with Crippen LogP contribution in [-0.2, 0) is 10.0 Å². The number of aryl methyl sites for hydroxylation is 1. The molecule has 0 amide bonds. The highest BCUT2D eigenvalue weighted by molar-refractivity contribution is 7.89. The van der Waals surface area contributed by atoms with Crippen molar-refractivity contribution in [3.05, 3.63) is 23.5 Å². The van der Waals surface area contributed by atoms with Crippen LogP contribution in [0.2, 0.25) is 0 Å². The van der Waals surface area contributed by atoms with Gasteiger partial charge >= 0.3 is 0 Å². The average molecular weight is 323 g/mol. The smallest absolute Gasteiger partial charge is 0.217 e. The van der Waals surface area contributed by atoms with Crippen LogP contribution in [0.5, 0.6) is 0 Å². The van der Waals surface area contributed by atoms with Gasteiger partial charge in [0.2, 0.25) is 10.0 Å². The number of nitrogens with one attached hydrogen (secondary N) is 1. The van der Waals surface area contributed by atoms with Gasteiger partial charge in [0.1, 0.15) is 0 Å². The van der Waals surface area contributed by atoms with Gasteiger partial charge in [-0.05, 0) is 38.3 Å². The van der Waals surface area contributed by atoms with Gasteiger partial charge in [-0.15, -0.1) is 0 Å². The second kappa shape index (κ2) is 6.16. The summed E-state index contributed by atoms with van der Waals surface area (Å²) in [5, 5.41) is 3.00. The molecule has 1 aromatic rings. The highest BCUT2D eigenvalue weighted by Gasteiger charge is 2.38. The van der Waals surface area contributed by atoms with Crippen LogP contribution in [0.15, 0.2) is 12.1 Å². The number of pyridine rings is 1.